The molecule has 1 aromatic rings. The third kappa shape index (κ3) is 2.31. The molecule has 0 N–H and O–H groups in total. The van der Waals surface area contributed by atoms with E-state index < -0.39 is 0 Å². The van der Waals surface area contributed by atoms with Crippen molar-refractivity contribution in [2.45, 2.75) is 0 Å². The SMILES string of the molecule is C[S+](C)Oc1[c-]cccc1. The molecule has 1 aromatic carbocycles. The molecule has 54 valence electrons. The van der Waals surface area contributed by atoms with Crippen molar-refractivity contribution in [3.63, 3.8) is 0 Å². The molecule has 1 rings (SSSR count). The Morgan fingerprint density at radius 1 is 1.40 bits per heavy atom. The van der Waals surface area contributed by atoms with Crippen molar-refractivity contribution < 1.29 is 4.18 Å². The lowest BCUT2D eigenvalue weighted by molar-refractivity contribution is 0.633. The van der Waals surface area contributed by atoms with Crippen LogP contribution in [0.1, 0.15) is 0 Å². The molecule has 0 unspecified atom stereocenters. The van der Waals surface area contributed by atoms with Gasteiger partial charge < -0.3 is 4.18 Å². The van der Waals surface area contributed by atoms with Gasteiger partial charge in [-0.2, -0.15) is 18.2 Å². The van der Waals surface area contributed by atoms with Crippen LogP contribution in [0.25, 0.3) is 0 Å². The van der Waals surface area contributed by atoms with Crippen LogP contribution in [0.5, 0.6) is 5.75 Å². The molecule has 2 heteroatoms. The second-order valence-corrected chi connectivity index (χ2v) is 3.70. The monoisotopic (exact) mass is 154 g/mol. The van der Waals surface area contributed by atoms with Crippen molar-refractivity contribution in [2.24, 2.45) is 0 Å². The predicted molar refractivity (Wildman–Crippen MR) is 45.1 cm³/mol. The fraction of sp³-hybridized carbons (Fsp3) is 0.250. The summed E-state index contributed by atoms with van der Waals surface area (Å²) in [5.74, 6) is 0.829. The maximum Gasteiger partial charge on any atom is 0.187 e. The van der Waals surface area contributed by atoms with Crippen molar-refractivity contribution in [2.75, 3.05) is 12.5 Å². The maximum atomic E-state index is 5.39. The summed E-state index contributed by atoms with van der Waals surface area (Å²) in [7, 11) is 0. The molecule has 0 radical (unpaired) electrons. The topological polar surface area (TPSA) is 9.23 Å². The van der Waals surface area contributed by atoms with Crippen molar-refractivity contribution in [3.8, 4) is 5.75 Å². The van der Waals surface area contributed by atoms with Gasteiger partial charge in [-0.1, -0.05) is 0 Å². The highest BCUT2D eigenvalue weighted by molar-refractivity contribution is 7.91. The van der Waals surface area contributed by atoms with Gasteiger partial charge in [-0.25, -0.2) is 0 Å². The van der Waals surface area contributed by atoms with Gasteiger partial charge in [0.1, 0.15) is 12.5 Å². The molecule has 0 aromatic heterocycles. The molecule has 10 heavy (non-hydrogen) atoms. The zero-order chi connectivity index (χ0) is 7.40. The maximum absolute atomic E-state index is 5.39. The summed E-state index contributed by atoms with van der Waals surface area (Å²) in [6.07, 6.45) is 4.06. The van der Waals surface area contributed by atoms with Gasteiger partial charge in [-0.15, -0.1) is 12.1 Å². The van der Waals surface area contributed by atoms with Gasteiger partial charge in [0.05, 0.1) is 5.75 Å². The quantitative estimate of drug-likeness (QED) is 0.465. The van der Waals surface area contributed by atoms with Gasteiger partial charge in [0, 0.05) is 0 Å². The van der Waals surface area contributed by atoms with Crippen LogP contribution in [-0.2, 0) is 11.2 Å². The number of hydrogen-bond acceptors (Lipinski definition) is 1. The highest BCUT2D eigenvalue weighted by Crippen LogP contribution is 2.09. The van der Waals surface area contributed by atoms with Crippen LogP contribution < -0.4 is 4.18 Å². The molecule has 0 atom stereocenters. The molecular weight excluding hydrogens is 144 g/mol. The highest BCUT2D eigenvalue weighted by atomic mass is 32.2. The van der Waals surface area contributed by atoms with E-state index in [1.54, 1.807) is 0 Å². The molecule has 0 heterocycles. The van der Waals surface area contributed by atoms with Gasteiger partial charge in [0.2, 0.25) is 0 Å². The predicted octanol–water partition coefficient (Wildman–Crippen LogP) is 1.66. The first kappa shape index (κ1) is 7.48. The first-order valence-electron chi connectivity index (χ1n) is 3.01. The summed E-state index contributed by atoms with van der Waals surface area (Å²) in [4.78, 5) is 0. The van der Waals surface area contributed by atoms with E-state index in [1.807, 2.05) is 36.8 Å². The Labute approximate surface area is 64.6 Å². The lowest BCUT2D eigenvalue weighted by Gasteiger charge is -2.02. The Bertz CT molecular complexity index is 184. The first-order valence-corrected chi connectivity index (χ1v) is 4.98. The summed E-state index contributed by atoms with van der Waals surface area (Å²) in [6, 6.07) is 10.6. The Morgan fingerprint density at radius 3 is 2.70 bits per heavy atom. The molecular formula is C8H10OS. The van der Waals surface area contributed by atoms with Gasteiger partial charge in [-0.3, -0.25) is 0 Å². The van der Waals surface area contributed by atoms with Crippen molar-refractivity contribution in [3.05, 3.63) is 30.3 Å². The lowest BCUT2D eigenvalue weighted by atomic mass is 10.3. The highest BCUT2D eigenvalue weighted by Gasteiger charge is 1.99. The van der Waals surface area contributed by atoms with Crippen molar-refractivity contribution in [1.82, 2.24) is 0 Å². The molecule has 0 aliphatic heterocycles. The normalized spacial score (nSPS) is 9.90. The Balaban J connectivity index is 2.59. The molecule has 1 nitrogen and oxygen atoms in total. The van der Waals surface area contributed by atoms with E-state index in [0.29, 0.717) is 0 Å². The van der Waals surface area contributed by atoms with Crippen molar-refractivity contribution in [1.29, 1.82) is 0 Å². The van der Waals surface area contributed by atoms with E-state index in [1.165, 1.54) is 0 Å². The lowest BCUT2D eigenvalue weighted by Crippen LogP contribution is -2.03. The van der Waals surface area contributed by atoms with E-state index in [9.17, 15) is 0 Å². The molecule has 0 bridgehead atoms. The minimum absolute atomic E-state index is 0.00221. The fourth-order valence-corrected chi connectivity index (χ4v) is 1.07. The second kappa shape index (κ2) is 3.52. The summed E-state index contributed by atoms with van der Waals surface area (Å²) >= 11 is 0.00221. The van der Waals surface area contributed by atoms with Crippen LogP contribution in [0.15, 0.2) is 24.3 Å². The van der Waals surface area contributed by atoms with Crippen LogP contribution in [0.3, 0.4) is 0 Å². The zero-order valence-corrected chi connectivity index (χ0v) is 6.94. The van der Waals surface area contributed by atoms with Crippen LogP contribution in [-0.4, -0.2) is 12.5 Å². The van der Waals surface area contributed by atoms with E-state index in [2.05, 4.69) is 6.07 Å². The summed E-state index contributed by atoms with van der Waals surface area (Å²) in [5.41, 5.74) is 0. The molecule has 0 fully saturated rings. The standard InChI is InChI=1S/C8H10OS/c1-10(2)9-8-6-4-3-5-7-8/h3-6H,1-2H3. The van der Waals surface area contributed by atoms with Gasteiger partial charge in [0.25, 0.3) is 0 Å². The Kier molecular flexibility index (Phi) is 2.63. The number of rotatable bonds is 2. The Morgan fingerprint density at radius 2 is 2.20 bits per heavy atom. The minimum Gasteiger partial charge on any atom is -0.313 e. The third-order valence-electron chi connectivity index (χ3n) is 0.937. The first-order chi connectivity index (χ1) is 4.79. The number of hydrogen-bond donors (Lipinski definition) is 0. The molecule has 0 amide bonds. The van der Waals surface area contributed by atoms with Gasteiger partial charge >= 0.3 is 0 Å². The third-order valence-corrected chi connectivity index (χ3v) is 1.45. The molecule has 0 saturated heterocycles. The second-order valence-electron chi connectivity index (χ2n) is 2.05. The average molecular weight is 154 g/mol. The van der Waals surface area contributed by atoms with Gasteiger partial charge in [0.15, 0.2) is 11.2 Å². The van der Waals surface area contributed by atoms with E-state index in [0.717, 1.165) is 5.75 Å². The zero-order valence-electron chi connectivity index (χ0n) is 6.13. The van der Waals surface area contributed by atoms with Crippen LogP contribution in [0.4, 0.5) is 0 Å². The number of benzene rings is 1. The molecule has 0 aliphatic rings. The largest absolute Gasteiger partial charge is 0.313 e. The average Bonchev–Trinajstić information content (AvgIpc) is 1.88. The summed E-state index contributed by atoms with van der Waals surface area (Å²) in [6.45, 7) is 0. The minimum atomic E-state index is 0.00221. The molecule has 0 saturated carbocycles. The van der Waals surface area contributed by atoms with Crippen LogP contribution >= 0.6 is 0 Å². The Hall–Kier alpha value is -0.630. The smallest absolute Gasteiger partial charge is 0.187 e. The summed E-state index contributed by atoms with van der Waals surface area (Å²) < 4.78 is 5.39. The van der Waals surface area contributed by atoms with Crippen LogP contribution in [0, 0.1) is 6.07 Å². The summed E-state index contributed by atoms with van der Waals surface area (Å²) in [5, 5.41) is 0. The molecule has 0 aliphatic carbocycles. The van der Waals surface area contributed by atoms with E-state index in [4.69, 9.17) is 4.18 Å². The van der Waals surface area contributed by atoms with Crippen LogP contribution in [0.2, 0.25) is 0 Å². The fourth-order valence-electron chi connectivity index (χ4n) is 0.608. The van der Waals surface area contributed by atoms with Gasteiger partial charge in [-0.05, 0) is 0 Å². The van der Waals surface area contributed by atoms with E-state index >= 15 is 0 Å². The number of para-hydroxylation sites is 1. The molecule has 0 spiro atoms. The van der Waals surface area contributed by atoms with Crippen molar-refractivity contribution >= 4 is 11.2 Å². The van der Waals surface area contributed by atoms with E-state index in [-0.39, 0.29) is 11.2 Å².